The molecule has 22 heavy (non-hydrogen) atoms. The van der Waals surface area contributed by atoms with Gasteiger partial charge in [0, 0.05) is 5.39 Å². The van der Waals surface area contributed by atoms with Gasteiger partial charge in [0.05, 0.1) is 26.3 Å². The van der Waals surface area contributed by atoms with Crippen molar-refractivity contribution in [1.29, 1.82) is 0 Å². The van der Waals surface area contributed by atoms with Crippen LogP contribution in [0.3, 0.4) is 0 Å². The van der Waals surface area contributed by atoms with E-state index in [1.807, 2.05) is 53.2 Å². The number of esters is 1. The first-order valence-electron chi connectivity index (χ1n) is 6.89. The molecule has 0 aliphatic rings. The van der Waals surface area contributed by atoms with Gasteiger partial charge in [0.15, 0.2) is 5.69 Å². The van der Waals surface area contributed by atoms with E-state index in [0.29, 0.717) is 12.2 Å². The molecule has 0 saturated heterocycles. The lowest BCUT2D eigenvalue weighted by Crippen LogP contribution is -2.06. The fourth-order valence-electron chi connectivity index (χ4n) is 2.40. The van der Waals surface area contributed by atoms with E-state index in [2.05, 4.69) is 5.10 Å². The lowest BCUT2D eigenvalue weighted by Gasteiger charge is -2.05. The predicted octanol–water partition coefficient (Wildman–Crippen LogP) is 2.88. The van der Waals surface area contributed by atoms with Gasteiger partial charge in [-0.15, -0.1) is 0 Å². The first kappa shape index (κ1) is 14.1. The molecule has 0 N–H and O–H groups in total. The molecule has 0 amide bonds. The molecule has 0 atom stereocenters. The SMILES string of the molecule is COC(=O)c1nn(Cc2ccc(OC)cc2)c2ccccc12. The summed E-state index contributed by atoms with van der Waals surface area (Å²) >= 11 is 0. The van der Waals surface area contributed by atoms with Gasteiger partial charge in [0.1, 0.15) is 5.75 Å². The number of carbonyl (C=O) groups is 1. The van der Waals surface area contributed by atoms with Crippen molar-refractivity contribution in [2.45, 2.75) is 6.54 Å². The highest BCUT2D eigenvalue weighted by Gasteiger charge is 2.17. The summed E-state index contributed by atoms with van der Waals surface area (Å²) < 4.78 is 11.8. The number of rotatable bonds is 4. The Bertz CT molecular complexity index is 806. The molecule has 1 aromatic heterocycles. The second kappa shape index (κ2) is 5.89. The van der Waals surface area contributed by atoms with Crippen molar-refractivity contribution in [2.75, 3.05) is 14.2 Å². The molecule has 0 fully saturated rings. The van der Waals surface area contributed by atoms with Gasteiger partial charge in [0.25, 0.3) is 0 Å². The molecule has 0 bridgehead atoms. The van der Waals surface area contributed by atoms with Crippen LogP contribution in [0.1, 0.15) is 16.1 Å². The van der Waals surface area contributed by atoms with Gasteiger partial charge < -0.3 is 9.47 Å². The number of nitrogens with zero attached hydrogens (tertiary/aromatic N) is 2. The van der Waals surface area contributed by atoms with E-state index in [1.165, 1.54) is 7.11 Å². The van der Waals surface area contributed by atoms with E-state index in [4.69, 9.17) is 9.47 Å². The van der Waals surface area contributed by atoms with Crippen LogP contribution in [-0.2, 0) is 11.3 Å². The van der Waals surface area contributed by atoms with Gasteiger partial charge in [-0.25, -0.2) is 4.79 Å². The van der Waals surface area contributed by atoms with Crippen LogP contribution < -0.4 is 4.74 Å². The molecule has 0 aliphatic heterocycles. The van der Waals surface area contributed by atoms with E-state index < -0.39 is 5.97 Å². The van der Waals surface area contributed by atoms with Crippen LogP contribution in [0, 0.1) is 0 Å². The predicted molar refractivity (Wildman–Crippen MR) is 83.2 cm³/mol. The number of hydrogen-bond acceptors (Lipinski definition) is 4. The summed E-state index contributed by atoms with van der Waals surface area (Å²) in [6, 6.07) is 15.4. The van der Waals surface area contributed by atoms with E-state index in [1.54, 1.807) is 7.11 Å². The van der Waals surface area contributed by atoms with Crippen molar-refractivity contribution >= 4 is 16.9 Å². The Labute approximate surface area is 128 Å². The number of hydrogen-bond donors (Lipinski definition) is 0. The molecule has 2 aromatic carbocycles. The molecule has 0 radical (unpaired) electrons. The minimum absolute atomic E-state index is 0.339. The number of ether oxygens (including phenoxy) is 2. The van der Waals surface area contributed by atoms with Crippen LogP contribution >= 0.6 is 0 Å². The summed E-state index contributed by atoms with van der Waals surface area (Å²) in [4.78, 5) is 11.9. The quantitative estimate of drug-likeness (QED) is 0.695. The fraction of sp³-hybridized carbons (Fsp3) is 0.176. The third-order valence-corrected chi connectivity index (χ3v) is 3.53. The van der Waals surface area contributed by atoms with Crippen molar-refractivity contribution in [1.82, 2.24) is 9.78 Å². The van der Waals surface area contributed by atoms with Gasteiger partial charge in [-0.3, -0.25) is 4.68 Å². The number of methoxy groups -OCH3 is 2. The first-order valence-corrected chi connectivity index (χ1v) is 6.89. The zero-order valence-corrected chi connectivity index (χ0v) is 12.4. The lowest BCUT2D eigenvalue weighted by atomic mass is 10.2. The van der Waals surface area contributed by atoms with Crippen molar-refractivity contribution in [3.8, 4) is 5.75 Å². The van der Waals surface area contributed by atoms with E-state index in [9.17, 15) is 4.79 Å². The number of aromatic nitrogens is 2. The highest BCUT2D eigenvalue weighted by atomic mass is 16.5. The largest absolute Gasteiger partial charge is 0.497 e. The summed E-state index contributed by atoms with van der Waals surface area (Å²) in [5, 5.41) is 5.20. The molecule has 0 unspecified atom stereocenters. The number of para-hydroxylation sites is 1. The molecule has 1 heterocycles. The average molecular weight is 296 g/mol. The van der Waals surface area contributed by atoms with Crippen LogP contribution in [0.25, 0.3) is 10.9 Å². The number of carbonyl (C=O) groups excluding carboxylic acids is 1. The standard InChI is InChI=1S/C17H16N2O3/c1-21-13-9-7-12(8-10-13)11-19-15-6-4-3-5-14(15)16(18-19)17(20)22-2/h3-10H,11H2,1-2H3. The first-order chi connectivity index (χ1) is 10.7. The Kier molecular flexibility index (Phi) is 3.78. The van der Waals surface area contributed by atoms with Crippen LogP contribution in [-0.4, -0.2) is 30.0 Å². The third-order valence-electron chi connectivity index (χ3n) is 3.53. The van der Waals surface area contributed by atoms with Gasteiger partial charge >= 0.3 is 5.97 Å². The maximum Gasteiger partial charge on any atom is 0.359 e. The Hall–Kier alpha value is -2.82. The van der Waals surface area contributed by atoms with E-state index in [0.717, 1.165) is 22.2 Å². The Morgan fingerprint density at radius 1 is 1.09 bits per heavy atom. The molecule has 0 saturated carbocycles. The van der Waals surface area contributed by atoms with Crippen LogP contribution in [0.2, 0.25) is 0 Å². The molecular weight excluding hydrogens is 280 g/mol. The second-order valence-electron chi connectivity index (χ2n) is 4.86. The maximum atomic E-state index is 11.9. The summed E-state index contributed by atoms with van der Waals surface area (Å²) in [5.74, 6) is 0.383. The third kappa shape index (κ3) is 2.53. The van der Waals surface area contributed by atoms with Crippen molar-refractivity contribution in [2.24, 2.45) is 0 Å². The van der Waals surface area contributed by atoms with Crippen molar-refractivity contribution in [3.05, 3.63) is 59.8 Å². The van der Waals surface area contributed by atoms with Crippen LogP contribution in [0.15, 0.2) is 48.5 Å². The minimum Gasteiger partial charge on any atom is -0.497 e. The molecular formula is C17H16N2O3. The van der Waals surface area contributed by atoms with Gasteiger partial charge in [0.2, 0.25) is 0 Å². The van der Waals surface area contributed by atoms with Crippen LogP contribution in [0.4, 0.5) is 0 Å². The minimum atomic E-state index is -0.426. The topological polar surface area (TPSA) is 53.3 Å². The summed E-state index contributed by atoms with van der Waals surface area (Å²) in [7, 11) is 3.00. The van der Waals surface area contributed by atoms with Gasteiger partial charge in [-0.1, -0.05) is 30.3 Å². The Balaban J connectivity index is 2.01. The van der Waals surface area contributed by atoms with Gasteiger partial charge in [-0.05, 0) is 23.8 Å². The Morgan fingerprint density at radius 3 is 2.50 bits per heavy atom. The molecule has 0 aliphatic carbocycles. The number of benzene rings is 2. The fourth-order valence-corrected chi connectivity index (χ4v) is 2.40. The van der Waals surface area contributed by atoms with Crippen LogP contribution in [0.5, 0.6) is 5.75 Å². The monoisotopic (exact) mass is 296 g/mol. The average Bonchev–Trinajstić information content (AvgIpc) is 2.94. The molecule has 3 rings (SSSR count). The summed E-state index contributed by atoms with van der Waals surface area (Å²) in [6.07, 6.45) is 0. The van der Waals surface area contributed by atoms with Crippen molar-refractivity contribution < 1.29 is 14.3 Å². The smallest absolute Gasteiger partial charge is 0.359 e. The van der Waals surface area contributed by atoms with E-state index in [-0.39, 0.29) is 0 Å². The molecule has 0 spiro atoms. The second-order valence-corrected chi connectivity index (χ2v) is 4.86. The van der Waals surface area contributed by atoms with Gasteiger partial charge in [-0.2, -0.15) is 5.10 Å². The number of fused-ring (bicyclic) bond motifs is 1. The molecule has 3 aromatic rings. The van der Waals surface area contributed by atoms with E-state index >= 15 is 0 Å². The highest BCUT2D eigenvalue weighted by Crippen LogP contribution is 2.21. The molecule has 5 heteroatoms. The summed E-state index contributed by atoms with van der Waals surface area (Å²) in [5.41, 5.74) is 2.32. The summed E-state index contributed by atoms with van der Waals surface area (Å²) in [6.45, 7) is 0.571. The highest BCUT2D eigenvalue weighted by molar-refractivity contribution is 6.02. The maximum absolute atomic E-state index is 11.9. The molecule has 5 nitrogen and oxygen atoms in total. The zero-order valence-electron chi connectivity index (χ0n) is 12.4. The Morgan fingerprint density at radius 2 is 1.82 bits per heavy atom. The van der Waals surface area contributed by atoms with Crippen molar-refractivity contribution in [3.63, 3.8) is 0 Å². The lowest BCUT2D eigenvalue weighted by molar-refractivity contribution is 0.0595. The zero-order chi connectivity index (χ0) is 15.5. The molecule has 112 valence electrons. The normalized spacial score (nSPS) is 10.6.